The SMILES string of the molecule is COC(=O)c1ccc(C(=O)N(C)Cc2c(C)nn(-c3ccccc3C)c2C)cc1. The smallest absolute Gasteiger partial charge is 0.337 e. The number of ether oxygens (including phenoxy) is 1. The fourth-order valence-corrected chi connectivity index (χ4v) is 3.34. The molecule has 3 aromatic rings. The van der Waals surface area contributed by atoms with Gasteiger partial charge in [-0.15, -0.1) is 0 Å². The minimum atomic E-state index is -0.424. The molecule has 0 aliphatic heterocycles. The highest BCUT2D eigenvalue weighted by molar-refractivity contribution is 5.96. The van der Waals surface area contributed by atoms with E-state index in [9.17, 15) is 9.59 Å². The molecule has 3 rings (SSSR count). The second-order valence-electron chi connectivity index (χ2n) is 7.08. The van der Waals surface area contributed by atoms with E-state index < -0.39 is 5.97 Å². The number of aromatic nitrogens is 2. The Hall–Kier alpha value is -3.41. The lowest BCUT2D eigenvalue weighted by atomic mass is 10.1. The molecule has 6 nitrogen and oxygen atoms in total. The number of aryl methyl sites for hydroxylation is 2. The summed E-state index contributed by atoms with van der Waals surface area (Å²) in [6.45, 7) is 6.48. The summed E-state index contributed by atoms with van der Waals surface area (Å²) in [5, 5.41) is 4.69. The third-order valence-corrected chi connectivity index (χ3v) is 5.08. The Morgan fingerprint density at radius 3 is 2.24 bits per heavy atom. The Kier molecular flexibility index (Phi) is 5.82. The summed E-state index contributed by atoms with van der Waals surface area (Å²) in [4.78, 5) is 26.1. The maximum Gasteiger partial charge on any atom is 0.337 e. The molecule has 1 amide bonds. The Bertz CT molecular complexity index is 1050. The minimum Gasteiger partial charge on any atom is -0.465 e. The van der Waals surface area contributed by atoms with E-state index in [1.54, 1.807) is 36.2 Å². The highest BCUT2D eigenvalue weighted by Crippen LogP contribution is 2.22. The van der Waals surface area contributed by atoms with Gasteiger partial charge in [0.15, 0.2) is 0 Å². The first-order chi connectivity index (χ1) is 13.8. The van der Waals surface area contributed by atoms with Crippen molar-refractivity contribution in [2.45, 2.75) is 27.3 Å². The second-order valence-corrected chi connectivity index (χ2v) is 7.08. The van der Waals surface area contributed by atoms with Gasteiger partial charge >= 0.3 is 5.97 Å². The van der Waals surface area contributed by atoms with Gasteiger partial charge in [0.25, 0.3) is 5.91 Å². The van der Waals surface area contributed by atoms with E-state index in [2.05, 4.69) is 13.0 Å². The van der Waals surface area contributed by atoms with Crippen LogP contribution < -0.4 is 0 Å². The molecular formula is C23H25N3O3. The minimum absolute atomic E-state index is 0.121. The molecule has 1 heterocycles. The first kappa shape index (κ1) is 20.3. The van der Waals surface area contributed by atoms with Crippen LogP contribution >= 0.6 is 0 Å². The highest BCUT2D eigenvalue weighted by atomic mass is 16.5. The van der Waals surface area contributed by atoms with Gasteiger partial charge in [0.2, 0.25) is 0 Å². The molecule has 0 unspecified atom stereocenters. The Balaban J connectivity index is 1.82. The quantitative estimate of drug-likeness (QED) is 0.620. The Labute approximate surface area is 170 Å². The number of carbonyl (C=O) groups is 2. The van der Waals surface area contributed by atoms with Gasteiger partial charge in [0.1, 0.15) is 0 Å². The van der Waals surface area contributed by atoms with E-state index in [1.807, 2.05) is 36.7 Å². The molecule has 0 saturated carbocycles. The van der Waals surface area contributed by atoms with Crippen LogP contribution in [0.3, 0.4) is 0 Å². The van der Waals surface area contributed by atoms with Gasteiger partial charge in [0.05, 0.1) is 24.1 Å². The van der Waals surface area contributed by atoms with E-state index in [-0.39, 0.29) is 5.91 Å². The summed E-state index contributed by atoms with van der Waals surface area (Å²) >= 11 is 0. The molecule has 1 aromatic heterocycles. The van der Waals surface area contributed by atoms with Crippen molar-refractivity contribution in [1.29, 1.82) is 0 Å². The maximum absolute atomic E-state index is 12.8. The van der Waals surface area contributed by atoms with Crippen LogP contribution in [0.5, 0.6) is 0 Å². The van der Waals surface area contributed by atoms with Gasteiger partial charge in [-0.2, -0.15) is 5.10 Å². The molecule has 29 heavy (non-hydrogen) atoms. The summed E-state index contributed by atoms with van der Waals surface area (Å²) in [7, 11) is 3.09. The molecule has 150 valence electrons. The second kappa shape index (κ2) is 8.31. The summed E-state index contributed by atoms with van der Waals surface area (Å²) < 4.78 is 6.63. The summed E-state index contributed by atoms with van der Waals surface area (Å²) in [6, 6.07) is 14.6. The van der Waals surface area contributed by atoms with E-state index in [4.69, 9.17) is 9.84 Å². The molecule has 2 aromatic carbocycles. The largest absolute Gasteiger partial charge is 0.465 e. The Morgan fingerprint density at radius 1 is 1.00 bits per heavy atom. The van der Waals surface area contributed by atoms with E-state index in [0.29, 0.717) is 17.7 Å². The normalized spacial score (nSPS) is 10.7. The number of hydrogen-bond donors (Lipinski definition) is 0. The van der Waals surface area contributed by atoms with Crippen LogP contribution in [-0.2, 0) is 11.3 Å². The lowest BCUT2D eigenvalue weighted by Crippen LogP contribution is -2.26. The molecule has 0 spiro atoms. The number of methoxy groups -OCH3 is 1. The fraction of sp³-hybridized carbons (Fsp3) is 0.261. The van der Waals surface area contributed by atoms with Crippen LogP contribution in [0.15, 0.2) is 48.5 Å². The van der Waals surface area contributed by atoms with Crippen LogP contribution in [0.4, 0.5) is 0 Å². The standard InChI is InChI=1S/C23H25N3O3/c1-15-8-6-7-9-21(15)26-17(3)20(16(2)24-26)14-25(4)22(27)18-10-12-19(13-11-18)23(28)29-5/h6-13H,14H2,1-5H3. The van der Waals surface area contributed by atoms with Crippen LogP contribution in [0.1, 0.15) is 43.2 Å². The highest BCUT2D eigenvalue weighted by Gasteiger charge is 2.19. The average Bonchev–Trinajstić information content (AvgIpc) is 3.01. The first-order valence-corrected chi connectivity index (χ1v) is 9.38. The molecule has 0 radical (unpaired) electrons. The van der Waals surface area contributed by atoms with Crippen LogP contribution in [0, 0.1) is 20.8 Å². The van der Waals surface area contributed by atoms with Gasteiger partial charge in [0, 0.05) is 30.4 Å². The molecule has 0 bridgehead atoms. The van der Waals surface area contributed by atoms with Crippen molar-refractivity contribution in [3.63, 3.8) is 0 Å². The van der Waals surface area contributed by atoms with Crippen molar-refractivity contribution in [2.24, 2.45) is 0 Å². The zero-order chi connectivity index (χ0) is 21.1. The monoisotopic (exact) mass is 391 g/mol. The van der Waals surface area contributed by atoms with Crippen molar-refractivity contribution in [2.75, 3.05) is 14.2 Å². The number of para-hydroxylation sites is 1. The fourth-order valence-electron chi connectivity index (χ4n) is 3.34. The third kappa shape index (κ3) is 4.06. The first-order valence-electron chi connectivity index (χ1n) is 9.38. The van der Waals surface area contributed by atoms with Gasteiger partial charge in [-0.3, -0.25) is 4.79 Å². The molecule has 0 atom stereocenters. The third-order valence-electron chi connectivity index (χ3n) is 5.08. The summed E-state index contributed by atoms with van der Waals surface area (Å²) in [5.41, 5.74) is 6.03. The number of benzene rings is 2. The zero-order valence-electron chi connectivity index (χ0n) is 17.4. The van der Waals surface area contributed by atoms with E-state index in [1.165, 1.54) is 7.11 Å². The van der Waals surface area contributed by atoms with Crippen molar-refractivity contribution in [3.05, 3.63) is 82.2 Å². The number of rotatable bonds is 5. The number of amides is 1. The lowest BCUT2D eigenvalue weighted by Gasteiger charge is -2.18. The molecule has 0 aliphatic carbocycles. The van der Waals surface area contributed by atoms with Crippen molar-refractivity contribution in [1.82, 2.24) is 14.7 Å². The summed E-state index contributed by atoms with van der Waals surface area (Å²) in [6.07, 6.45) is 0. The zero-order valence-corrected chi connectivity index (χ0v) is 17.4. The molecule has 0 fully saturated rings. The predicted octanol–water partition coefficient (Wildman–Crippen LogP) is 3.86. The molecule has 6 heteroatoms. The summed E-state index contributed by atoms with van der Waals surface area (Å²) in [5.74, 6) is -0.545. The number of esters is 1. The van der Waals surface area contributed by atoms with Crippen molar-refractivity contribution >= 4 is 11.9 Å². The van der Waals surface area contributed by atoms with E-state index >= 15 is 0 Å². The van der Waals surface area contributed by atoms with E-state index in [0.717, 1.165) is 28.2 Å². The van der Waals surface area contributed by atoms with Gasteiger partial charge in [-0.05, 0) is 56.7 Å². The molecule has 0 aliphatic rings. The van der Waals surface area contributed by atoms with Crippen LogP contribution in [0.2, 0.25) is 0 Å². The molecular weight excluding hydrogens is 366 g/mol. The topological polar surface area (TPSA) is 64.4 Å². The average molecular weight is 391 g/mol. The predicted molar refractivity (Wildman–Crippen MR) is 111 cm³/mol. The van der Waals surface area contributed by atoms with Crippen molar-refractivity contribution < 1.29 is 14.3 Å². The Morgan fingerprint density at radius 2 is 1.62 bits per heavy atom. The van der Waals surface area contributed by atoms with Crippen LogP contribution in [0.25, 0.3) is 5.69 Å². The number of carbonyl (C=O) groups excluding carboxylic acids is 2. The van der Waals surface area contributed by atoms with Crippen molar-refractivity contribution in [3.8, 4) is 5.69 Å². The maximum atomic E-state index is 12.8. The number of hydrogen-bond acceptors (Lipinski definition) is 4. The van der Waals surface area contributed by atoms with Gasteiger partial charge < -0.3 is 9.64 Å². The van der Waals surface area contributed by atoms with Gasteiger partial charge in [-0.25, -0.2) is 9.48 Å². The molecule has 0 saturated heterocycles. The molecule has 0 N–H and O–H groups in total. The van der Waals surface area contributed by atoms with Gasteiger partial charge in [-0.1, -0.05) is 18.2 Å². The number of nitrogens with zero attached hydrogens (tertiary/aromatic N) is 3. The lowest BCUT2D eigenvalue weighted by molar-refractivity contribution is 0.0600. The van der Waals surface area contributed by atoms with Crippen LogP contribution in [-0.4, -0.2) is 40.7 Å².